The van der Waals surface area contributed by atoms with Crippen LogP contribution in [0.3, 0.4) is 0 Å². The average molecular weight is 140 g/mol. The van der Waals surface area contributed by atoms with Crippen LogP contribution in [0.5, 0.6) is 0 Å². The Morgan fingerprint density at radius 1 is 1.43 bits per heavy atom. The van der Waals surface area contributed by atoms with Crippen molar-refractivity contribution in [2.24, 2.45) is 0 Å². The number of halogens is 3. The Kier molecular flexibility index (Phi) is 6.86. The number of aliphatic hydroxyl groups is 1. The molecule has 0 fully saturated rings. The Hall–Kier alpha value is 1.39. The Morgan fingerprint density at radius 2 is 1.57 bits per heavy atom. The fraction of sp³-hybridized carbons (Fsp3) is 1.00. The standard InChI is InChI=1S/C2H3F3O.K.H/c3-2(4,5)1-6;;/h6H,1H2;;/q;+1;-1. The van der Waals surface area contributed by atoms with Gasteiger partial charge in [0.15, 0.2) is 0 Å². The number of hydrogen-bond donors (Lipinski definition) is 1. The maximum atomic E-state index is 10.5. The van der Waals surface area contributed by atoms with Gasteiger partial charge in [0.2, 0.25) is 0 Å². The first-order valence-corrected chi connectivity index (χ1v) is 1.24. The van der Waals surface area contributed by atoms with E-state index in [1.165, 1.54) is 0 Å². The molecule has 0 rings (SSSR count). The Labute approximate surface area is 82.8 Å². The van der Waals surface area contributed by atoms with Gasteiger partial charge >= 0.3 is 57.6 Å². The van der Waals surface area contributed by atoms with Crippen molar-refractivity contribution in [3.05, 3.63) is 0 Å². The van der Waals surface area contributed by atoms with Gasteiger partial charge in [0.05, 0.1) is 0 Å². The van der Waals surface area contributed by atoms with Crippen molar-refractivity contribution in [2.45, 2.75) is 6.18 Å². The van der Waals surface area contributed by atoms with Crippen molar-refractivity contribution in [3.8, 4) is 0 Å². The van der Waals surface area contributed by atoms with E-state index in [1.54, 1.807) is 0 Å². The first-order valence-electron chi connectivity index (χ1n) is 1.24. The van der Waals surface area contributed by atoms with Gasteiger partial charge in [-0.2, -0.15) is 13.2 Å². The first kappa shape index (κ1) is 11.2. The van der Waals surface area contributed by atoms with E-state index in [4.69, 9.17) is 5.11 Å². The van der Waals surface area contributed by atoms with Crippen LogP contribution in [-0.4, -0.2) is 17.9 Å². The van der Waals surface area contributed by atoms with E-state index in [-0.39, 0.29) is 52.8 Å². The van der Waals surface area contributed by atoms with Crippen LogP contribution in [0.4, 0.5) is 13.2 Å². The molecule has 0 aromatic rings. The van der Waals surface area contributed by atoms with Gasteiger partial charge in [-0.1, -0.05) is 0 Å². The SMILES string of the molecule is OCC(F)(F)F.[H-].[K+]. The smallest absolute Gasteiger partial charge is 1.00 e. The van der Waals surface area contributed by atoms with Crippen LogP contribution in [0, 0.1) is 0 Å². The second kappa shape index (κ2) is 4.28. The van der Waals surface area contributed by atoms with Crippen LogP contribution in [-0.2, 0) is 0 Å². The molecule has 0 unspecified atom stereocenters. The molecular weight excluding hydrogens is 136 g/mol. The predicted octanol–water partition coefficient (Wildman–Crippen LogP) is -2.34. The monoisotopic (exact) mass is 140 g/mol. The van der Waals surface area contributed by atoms with Gasteiger partial charge in [-0.05, 0) is 0 Å². The summed E-state index contributed by atoms with van der Waals surface area (Å²) in [5.41, 5.74) is 0. The quantitative estimate of drug-likeness (QED) is 0.374. The number of rotatable bonds is 0. The molecule has 7 heavy (non-hydrogen) atoms. The van der Waals surface area contributed by atoms with Crippen molar-refractivity contribution >= 4 is 0 Å². The minimum atomic E-state index is -4.40. The Balaban J connectivity index is -0.000000125. The summed E-state index contributed by atoms with van der Waals surface area (Å²) in [5, 5.41) is 7.28. The summed E-state index contributed by atoms with van der Waals surface area (Å²) in [5.74, 6) is 0. The Morgan fingerprint density at radius 3 is 1.57 bits per heavy atom. The first-order chi connectivity index (χ1) is 2.56. The molecule has 1 nitrogen and oxygen atoms in total. The zero-order valence-corrected chi connectivity index (χ0v) is 6.91. The summed E-state index contributed by atoms with van der Waals surface area (Å²) in [4.78, 5) is 0. The van der Waals surface area contributed by atoms with Gasteiger partial charge in [0.1, 0.15) is 6.61 Å². The van der Waals surface area contributed by atoms with Crippen LogP contribution in [0.15, 0.2) is 0 Å². The molecule has 0 aliphatic rings. The van der Waals surface area contributed by atoms with E-state index in [9.17, 15) is 13.2 Å². The van der Waals surface area contributed by atoms with Gasteiger partial charge < -0.3 is 6.53 Å². The third-order valence-electron chi connectivity index (χ3n) is 0.179. The van der Waals surface area contributed by atoms with Gasteiger partial charge in [-0.3, -0.25) is 0 Å². The van der Waals surface area contributed by atoms with Crippen LogP contribution in [0.1, 0.15) is 1.43 Å². The molecule has 0 saturated carbocycles. The largest absolute Gasteiger partial charge is 1.00 e. The predicted molar refractivity (Wildman–Crippen MR) is 14.3 cm³/mol. The molecule has 0 aromatic heterocycles. The third-order valence-corrected chi connectivity index (χ3v) is 0.179. The zero-order valence-electron chi connectivity index (χ0n) is 4.79. The molecule has 0 saturated heterocycles. The Bertz CT molecular complexity index is 47.0. The molecular formula is C2H4F3KO. The van der Waals surface area contributed by atoms with E-state index >= 15 is 0 Å². The summed E-state index contributed by atoms with van der Waals surface area (Å²) < 4.78 is 31.6. The molecule has 1 N–H and O–H groups in total. The molecule has 0 aliphatic heterocycles. The molecule has 0 spiro atoms. The van der Waals surface area contributed by atoms with Crippen LogP contribution in [0.2, 0.25) is 0 Å². The molecule has 0 aliphatic carbocycles. The molecule has 0 radical (unpaired) electrons. The second-order valence-electron chi connectivity index (χ2n) is 0.773. The van der Waals surface area contributed by atoms with E-state index in [2.05, 4.69) is 0 Å². The fourth-order valence-electron chi connectivity index (χ4n) is 0. The minimum Gasteiger partial charge on any atom is -1.00 e. The molecule has 5 heteroatoms. The van der Waals surface area contributed by atoms with E-state index in [0.29, 0.717) is 0 Å². The van der Waals surface area contributed by atoms with E-state index < -0.39 is 12.8 Å². The van der Waals surface area contributed by atoms with Gasteiger partial charge in [-0.25, -0.2) is 0 Å². The molecule has 0 atom stereocenters. The normalized spacial score (nSPS) is 10.3. The number of hydrogen-bond acceptors (Lipinski definition) is 1. The van der Waals surface area contributed by atoms with Crippen molar-refractivity contribution in [1.82, 2.24) is 0 Å². The van der Waals surface area contributed by atoms with Crippen LogP contribution in [0.25, 0.3) is 0 Å². The molecule has 0 bridgehead atoms. The van der Waals surface area contributed by atoms with Crippen molar-refractivity contribution < 1.29 is 71.1 Å². The minimum absolute atomic E-state index is 0. The van der Waals surface area contributed by atoms with Crippen molar-refractivity contribution in [1.29, 1.82) is 0 Å². The van der Waals surface area contributed by atoms with Gasteiger partial charge in [0.25, 0.3) is 0 Å². The van der Waals surface area contributed by atoms with E-state index in [0.717, 1.165) is 0 Å². The van der Waals surface area contributed by atoms with Crippen molar-refractivity contribution in [3.63, 3.8) is 0 Å². The van der Waals surface area contributed by atoms with Crippen molar-refractivity contribution in [2.75, 3.05) is 6.61 Å². The molecule has 0 heterocycles. The topological polar surface area (TPSA) is 20.2 Å². The second-order valence-corrected chi connectivity index (χ2v) is 0.773. The van der Waals surface area contributed by atoms with Gasteiger partial charge in [0, 0.05) is 0 Å². The fourth-order valence-corrected chi connectivity index (χ4v) is 0. The molecule has 40 valence electrons. The maximum Gasteiger partial charge on any atom is 1.00 e. The zero-order chi connectivity index (χ0) is 5.21. The summed E-state index contributed by atoms with van der Waals surface area (Å²) in [6, 6.07) is 0. The summed E-state index contributed by atoms with van der Waals surface area (Å²) in [6.45, 7) is -1.73. The summed E-state index contributed by atoms with van der Waals surface area (Å²) >= 11 is 0. The summed E-state index contributed by atoms with van der Waals surface area (Å²) in [6.07, 6.45) is -4.40. The molecule has 0 amide bonds. The van der Waals surface area contributed by atoms with Crippen LogP contribution < -0.4 is 51.4 Å². The summed E-state index contributed by atoms with van der Waals surface area (Å²) in [7, 11) is 0. The maximum absolute atomic E-state index is 10.5. The number of aliphatic hydroxyl groups excluding tert-OH is 1. The number of alkyl halides is 3. The molecule has 0 aromatic carbocycles. The van der Waals surface area contributed by atoms with Crippen LogP contribution >= 0.6 is 0 Å². The average Bonchev–Trinajstić information content (AvgIpc) is 1.35. The van der Waals surface area contributed by atoms with E-state index in [1.807, 2.05) is 0 Å². The van der Waals surface area contributed by atoms with Gasteiger partial charge in [-0.15, -0.1) is 0 Å². The third kappa shape index (κ3) is 11.1.